The van der Waals surface area contributed by atoms with Crippen LogP contribution in [0.2, 0.25) is 0 Å². The van der Waals surface area contributed by atoms with Crippen molar-refractivity contribution in [1.82, 2.24) is 15.5 Å². The van der Waals surface area contributed by atoms with E-state index in [9.17, 15) is 4.79 Å². The molecule has 1 aliphatic carbocycles. The van der Waals surface area contributed by atoms with Crippen molar-refractivity contribution >= 4 is 22.5 Å². The van der Waals surface area contributed by atoms with Gasteiger partial charge < -0.3 is 5.32 Å². The van der Waals surface area contributed by atoms with Gasteiger partial charge in [0, 0.05) is 6.04 Å². The second kappa shape index (κ2) is 6.22. The molecular weight excluding hydrogens is 284 g/mol. The molecule has 1 aromatic heterocycles. The lowest BCUT2D eigenvalue weighted by atomic mass is 10.0. The highest BCUT2D eigenvalue weighted by molar-refractivity contribution is 7.15. The summed E-state index contributed by atoms with van der Waals surface area (Å²) in [6, 6.07) is 10.3. The van der Waals surface area contributed by atoms with Gasteiger partial charge in [-0.05, 0) is 37.7 Å². The molecule has 2 aromatic rings. The molecule has 0 unspecified atom stereocenters. The number of aromatic nitrogens is 2. The summed E-state index contributed by atoms with van der Waals surface area (Å²) in [5.74, 6) is 0.590. The van der Waals surface area contributed by atoms with Crippen molar-refractivity contribution < 1.29 is 4.79 Å². The predicted molar refractivity (Wildman–Crippen MR) is 83.5 cm³/mol. The first-order chi connectivity index (χ1) is 10.2. The summed E-state index contributed by atoms with van der Waals surface area (Å²) in [6.07, 6.45) is 3.25. The molecule has 6 heteroatoms. The van der Waals surface area contributed by atoms with Gasteiger partial charge in [0.25, 0.3) is 0 Å². The van der Waals surface area contributed by atoms with Gasteiger partial charge in [-0.15, -0.1) is 10.2 Å². The van der Waals surface area contributed by atoms with Gasteiger partial charge in [0.05, 0.1) is 0 Å². The van der Waals surface area contributed by atoms with E-state index in [0.717, 1.165) is 11.4 Å². The molecule has 1 fully saturated rings. The molecule has 0 spiro atoms. The molecule has 1 heterocycles. The van der Waals surface area contributed by atoms with Gasteiger partial charge in [-0.2, -0.15) is 0 Å². The Kier molecular flexibility index (Phi) is 4.15. The Morgan fingerprint density at radius 2 is 2.10 bits per heavy atom. The molecule has 110 valence electrons. The molecule has 0 bridgehead atoms. The Morgan fingerprint density at radius 3 is 2.71 bits per heavy atom. The Hall–Kier alpha value is -1.95. The van der Waals surface area contributed by atoms with Crippen LogP contribution >= 0.6 is 11.3 Å². The van der Waals surface area contributed by atoms with Crippen molar-refractivity contribution in [3.05, 3.63) is 40.9 Å². The molecule has 1 atom stereocenters. The number of hydrogen-bond acceptors (Lipinski definition) is 4. The molecule has 1 aromatic carbocycles. The summed E-state index contributed by atoms with van der Waals surface area (Å²) >= 11 is 1.38. The van der Waals surface area contributed by atoms with Gasteiger partial charge in [0.1, 0.15) is 5.01 Å². The van der Waals surface area contributed by atoms with Crippen molar-refractivity contribution in [2.45, 2.75) is 32.2 Å². The minimum absolute atomic E-state index is 0.182. The second-order valence-corrected chi connectivity index (χ2v) is 6.54. The van der Waals surface area contributed by atoms with Gasteiger partial charge in [0.15, 0.2) is 0 Å². The van der Waals surface area contributed by atoms with E-state index in [-0.39, 0.29) is 12.1 Å². The van der Waals surface area contributed by atoms with E-state index in [4.69, 9.17) is 0 Å². The molecule has 5 nitrogen and oxygen atoms in total. The minimum Gasteiger partial charge on any atom is -0.334 e. The highest BCUT2D eigenvalue weighted by atomic mass is 32.1. The average Bonchev–Trinajstić information content (AvgIpc) is 3.23. The molecule has 3 rings (SSSR count). The maximum atomic E-state index is 12.1. The number of benzene rings is 1. The third kappa shape index (κ3) is 4.01. The number of aryl methyl sites for hydroxylation is 1. The zero-order valence-corrected chi connectivity index (χ0v) is 12.7. The summed E-state index contributed by atoms with van der Waals surface area (Å²) in [5, 5.41) is 15.0. The van der Waals surface area contributed by atoms with Crippen LogP contribution in [0.25, 0.3) is 0 Å². The lowest BCUT2D eigenvalue weighted by Gasteiger charge is -2.18. The van der Waals surface area contributed by atoms with E-state index in [2.05, 4.69) is 33.0 Å². The maximum absolute atomic E-state index is 12.1. The second-order valence-electron chi connectivity index (χ2n) is 5.36. The number of urea groups is 1. The van der Waals surface area contributed by atoms with Crippen LogP contribution < -0.4 is 10.6 Å². The number of carbonyl (C=O) groups excluding carboxylic acids is 1. The van der Waals surface area contributed by atoms with Gasteiger partial charge >= 0.3 is 6.03 Å². The first-order valence-corrected chi connectivity index (χ1v) is 7.94. The van der Waals surface area contributed by atoms with Crippen molar-refractivity contribution in [2.75, 3.05) is 5.32 Å². The van der Waals surface area contributed by atoms with Gasteiger partial charge in [-0.3, -0.25) is 5.32 Å². The number of amides is 2. The predicted octanol–water partition coefficient (Wildman–Crippen LogP) is 2.99. The highest BCUT2D eigenvalue weighted by Gasteiger charge is 2.32. The SMILES string of the molecule is Cc1nnc(NC(=O)N[C@H](Cc2ccccc2)C2CC2)s1. The Bertz CT molecular complexity index is 609. The quantitative estimate of drug-likeness (QED) is 0.892. The van der Waals surface area contributed by atoms with E-state index in [1.54, 1.807) is 0 Å². The van der Waals surface area contributed by atoms with E-state index in [1.807, 2.05) is 25.1 Å². The number of rotatable bonds is 5. The minimum atomic E-state index is -0.195. The third-order valence-corrected chi connectivity index (χ3v) is 4.31. The van der Waals surface area contributed by atoms with Crippen LogP contribution in [-0.4, -0.2) is 22.3 Å². The van der Waals surface area contributed by atoms with Crippen molar-refractivity contribution in [1.29, 1.82) is 0 Å². The van der Waals surface area contributed by atoms with Gasteiger partial charge in [-0.1, -0.05) is 41.7 Å². The summed E-state index contributed by atoms with van der Waals surface area (Å²) in [5.41, 5.74) is 1.25. The van der Waals surface area contributed by atoms with E-state index >= 15 is 0 Å². The van der Waals surface area contributed by atoms with Gasteiger partial charge in [0.2, 0.25) is 5.13 Å². The van der Waals surface area contributed by atoms with Crippen LogP contribution in [0.3, 0.4) is 0 Å². The topological polar surface area (TPSA) is 66.9 Å². The molecule has 1 saturated carbocycles. The Morgan fingerprint density at radius 1 is 1.33 bits per heavy atom. The molecule has 1 aliphatic rings. The first-order valence-electron chi connectivity index (χ1n) is 7.12. The lowest BCUT2D eigenvalue weighted by Crippen LogP contribution is -2.40. The van der Waals surface area contributed by atoms with E-state index < -0.39 is 0 Å². The fourth-order valence-corrected chi connectivity index (χ4v) is 2.94. The number of nitrogens with one attached hydrogen (secondary N) is 2. The monoisotopic (exact) mass is 302 g/mol. The molecule has 0 saturated heterocycles. The third-order valence-electron chi connectivity index (χ3n) is 3.55. The number of anilines is 1. The molecule has 0 aliphatic heterocycles. The molecule has 21 heavy (non-hydrogen) atoms. The number of hydrogen-bond donors (Lipinski definition) is 2. The average molecular weight is 302 g/mol. The number of carbonyl (C=O) groups is 1. The van der Waals surface area contributed by atoms with Gasteiger partial charge in [-0.25, -0.2) is 4.79 Å². The fraction of sp³-hybridized carbons (Fsp3) is 0.400. The Balaban J connectivity index is 1.58. The lowest BCUT2D eigenvalue weighted by molar-refractivity contribution is 0.246. The van der Waals surface area contributed by atoms with Crippen molar-refractivity contribution in [3.63, 3.8) is 0 Å². The fourth-order valence-electron chi connectivity index (χ4n) is 2.35. The molecule has 2 amide bonds. The summed E-state index contributed by atoms with van der Waals surface area (Å²) in [7, 11) is 0. The summed E-state index contributed by atoms with van der Waals surface area (Å²) in [4.78, 5) is 12.1. The molecular formula is C15H18N4OS. The van der Waals surface area contributed by atoms with Crippen LogP contribution in [0.1, 0.15) is 23.4 Å². The van der Waals surface area contributed by atoms with Crippen LogP contribution in [0, 0.1) is 12.8 Å². The largest absolute Gasteiger partial charge is 0.334 e. The van der Waals surface area contributed by atoms with Crippen LogP contribution in [0.5, 0.6) is 0 Å². The standard InChI is InChI=1S/C15H18N4OS/c1-10-18-19-15(21-10)17-14(20)16-13(12-7-8-12)9-11-5-3-2-4-6-11/h2-6,12-13H,7-9H2,1H3,(H2,16,17,19,20)/t13-/m1/s1. The summed E-state index contributed by atoms with van der Waals surface area (Å²) < 4.78 is 0. The molecule has 2 N–H and O–H groups in total. The summed E-state index contributed by atoms with van der Waals surface area (Å²) in [6.45, 7) is 1.86. The van der Waals surface area contributed by atoms with Crippen LogP contribution in [0.4, 0.5) is 9.93 Å². The first kappa shape index (κ1) is 14.0. The zero-order valence-electron chi connectivity index (χ0n) is 11.9. The van der Waals surface area contributed by atoms with Crippen molar-refractivity contribution in [3.8, 4) is 0 Å². The Labute approximate surface area is 127 Å². The molecule has 0 radical (unpaired) electrons. The highest BCUT2D eigenvalue weighted by Crippen LogP contribution is 2.34. The zero-order chi connectivity index (χ0) is 14.7. The smallest absolute Gasteiger partial charge is 0.321 e. The van der Waals surface area contributed by atoms with E-state index in [0.29, 0.717) is 11.0 Å². The maximum Gasteiger partial charge on any atom is 0.321 e. The number of nitrogens with zero attached hydrogens (tertiary/aromatic N) is 2. The van der Waals surface area contributed by atoms with E-state index in [1.165, 1.54) is 29.7 Å². The van der Waals surface area contributed by atoms with Crippen LogP contribution in [0.15, 0.2) is 30.3 Å². The normalized spacial score (nSPS) is 15.5. The van der Waals surface area contributed by atoms with Crippen molar-refractivity contribution in [2.24, 2.45) is 5.92 Å². The van der Waals surface area contributed by atoms with Crippen LogP contribution in [-0.2, 0) is 6.42 Å².